The number of aryl methyl sites for hydroxylation is 1. The van der Waals surface area contributed by atoms with E-state index in [-0.39, 0.29) is 5.97 Å². The van der Waals surface area contributed by atoms with Crippen LogP contribution in [0.5, 0.6) is 0 Å². The lowest BCUT2D eigenvalue weighted by Gasteiger charge is -2.03. The molecule has 11 heteroatoms. The van der Waals surface area contributed by atoms with Crippen LogP contribution in [0.1, 0.15) is 28.0 Å². The second-order valence-corrected chi connectivity index (χ2v) is 9.39. The van der Waals surface area contributed by atoms with Crippen LogP contribution in [-0.4, -0.2) is 37.1 Å². The Morgan fingerprint density at radius 2 is 2.07 bits per heavy atom. The Bertz CT molecular complexity index is 1420. The van der Waals surface area contributed by atoms with Gasteiger partial charge < -0.3 is 10.5 Å². The van der Waals surface area contributed by atoms with Crippen molar-refractivity contribution in [3.8, 4) is 0 Å². The monoisotopic (exact) mass is 456 g/mol. The van der Waals surface area contributed by atoms with Gasteiger partial charge in [0.25, 0.3) is 0 Å². The number of para-hydroxylation sites is 1. The molecule has 0 bridgehead atoms. The molecular formula is C19H16N6O2S3. The number of carbonyl (C=O) groups is 1. The van der Waals surface area contributed by atoms with Gasteiger partial charge in [-0.25, -0.2) is 14.8 Å². The lowest BCUT2D eigenvalue weighted by molar-refractivity contribution is 0.0531. The number of hydrogen-bond donors (Lipinski definition) is 1. The van der Waals surface area contributed by atoms with Crippen LogP contribution in [0, 0.1) is 6.92 Å². The van der Waals surface area contributed by atoms with Crippen molar-refractivity contribution in [1.29, 1.82) is 0 Å². The Morgan fingerprint density at radius 3 is 2.90 bits per heavy atom. The van der Waals surface area contributed by atoms with Gasteiger partial charge in [0, 0.05) is 0 Å². The van der Waals surface area contributed by atoms with Gasteiger partial charge in [-0.15, -0.1) is 21.5 Å². The fourth-order valence-electron chi connectivity index (χ4n) is 3.25. The second kappa shape index (κ2) is 7.49. The third-order valence-corrected chi connectivity index (χ3v) is 7.67. The molecule has 1 aromatic carbocycles. The summed E-state index contributed by atoms with van der Waals surface area (Å²) in [4.78, 5) is 23.3. The first-order chi connectivity index (χ1) is 14.6. The normalized spacial score (nSPS) is 11.7. The van der Waals surface area contributed by atoms with Crippen LogP contribution >= 0.6 is 34.4 Å². The third kappa shape index (κ3) is 3.09. The number of anilines is 1. The fourth-order valence-corrected chi connectivity index (χ4v) is 6.17. The molecule has 0 aliphatic carbocycles. The average Bonchev–Trinajstić information content (AvgIpc) is 3.38. The molecule has 0 aliphatic rings. The Hall–Kier alpha value is -2.76. The molecular weight excluding hydrogens is 440 g/mol. The Kier molecular flexibility index (Phi) is 4.80. The summed E-state index contributed by atoms with van der Waals surface area (Å²) in [5.41, 5.74) is 8.04. The first kappa shape index (κ1) is 19.2. The lowest BCUT2D eigenvalue weighted by Crippen LogP contribution is -2.04. The quantitative estimate of drug-likeness (QED) is 0.308. The molecule has 5 aromatic rings. The highest BCUT2D eigenvalue weighted by Gasteiger charge is 2.21. The van der Waals surface area contributed by atoms with Crippen molar-refractivity contribution in [3.63, 3.8) is 0 Å². The number of nitrogens with zero attached hydrogens (tertiary/aromatic N) is 5. The number of carbonyl (C=O) groups excluding carboxylic acids is 1. The van der Waals surface area contributed by atoms with Gasteiger partial charge >= 0.3 is 5.97 Å². The molecule has 152 valence electrons. The van der Waals surface area contributed by atoms with Gasteiger partial charge in [-0.2, -0.15) is 0 Å². The maximum absolute atomic E-state index is 12.2. The summed E-state index contributed by atoms with van der Waals surface area (Å²) in [5.74, 6) is 1.07. The van der Waals surface area contributed by atoms with E-state index < -0.39 is 0 Å². The summed E-state index contributed by atoms with van der Waals surface area (Å²) in [6.45, 7) is 3.94. The fraction of sp³-hybridized carbons (Fsp3) is 0.211. The first-order valence-corrected chi connectivity index (χ1v) is 11.8. The van der Waals surface area contributed by atoms with Gasteiger partial charge in [0.05, 0.1) is 28.0 Å². The van der Waals surface area contributed by atoms with E-state index in [1.165, 1.54) is 23.1 Å². The predicted octanol–water partition coefficient (Wildman–Crippen LogP) is 4.31. The molecule has 0 unspecified atom stereocenters. The molecule has 8 nitrogen and oxygen atoms in total. The van der Waals surface area contributed by atoms with E-state index in [1.807, 2.05) is 23.5 Å². The van der Waals surface area contributed by atoms with Gasteiger partial charge in [-0.3, -0.25) is 4.40 Å². The zero-order valence-electron chi connectivity index (χ0n) is 16.1. The number of aromatic nitrogens is 5. The van der Waals surface area contributed by atoms with Crippen molar-refractivity contribution >= 4 is 71.6 Å². The summed E-state index contributed by atoms with van der Waals surface area (Å²) in [6, 6.07) is 8.14. The van der Waals surface area contributed by atoms with Crippen LogP contribution in [-0.2, 0) is 10.5 Å². The van der Waals surface area contributed by atoms with Crippen molar-refractivity contribution in [2.45, 2.75) is 24.8 Å². The van der Waals surface area contributed by atoms with Crippen molar-refractivity contribution < 1.29 is 9.53 Å². The molecule has 5 rings (SSSR count). The number of hydrogen-bond acceptors (Lipinski definition) is 10. The molecule has 0 aliphatic heterocycles. The average molecular weight is 457 g/mol. The molecule has 0 atom stereocenters. The van der Waals surface area contributed by atoms with Gasteiger partial charge in [0.15, 0.2) is 5.16 Å². The number of thiophene rings is 1. The van der Waals surface area contributed by atoms with E-state index in [4.69, 9.17) is 10.5 Å². The number of esters is 1. The molecule has 0 radical (unpaired) electrons. The van der Waals surface area contributed by atoms with Crippen molar-refractivity contribution in [2.75, 3.05) is 12.3 Å². The lowest BCUT2D eigenvalue weighted by atomic mass is 10.2. The molecule has 4 heterocycles. The minimum atomic E-state index is -0.358. The number of nitrogen functional groups attached to an aromatic ring is 1. The zero-order chi connectivity index (χ0) is 20.8. The summed E-state index contributed by atoms with van der Waals surface area (Å²) >= 11 is 4.39. The van der Waals surface area contributed by atoms with Crippen LogP contribution in [0.15, 0.2) is 29.4 Å². The summed E-state index contributed by atoms with van der Waals surface area (Å²) in [7, 11) is 0. The topological polar surface area (TPSA) is 108 Å². The molecule has 0 fully saturated rings. The van der Waals surface area contributed by atoms with E-state index in [9.17, 15) is 4.79 Å². The Morgan fingerprint density at radius 1 is 1.23 bits per heavy atom. The number of thioether (sulfide) groups is 1. The predicted molar refractivity (Wildman–Crippen MR) is 120 cm³/mol. The highest BCUT2D eigenvalue weighted by Crippen LogP contribution is 2.35. The minimum absolute atomic E-state index is 0.319. The maximum atomic E-state index is 12.2. The number of nitrogens with two attached hydrogens (primary N) is 1. The molecule has 0 saturated heterocycles. The smallest absolute Gasteiger partial charge is 0.348 e. The van der Waals surface area contributed by atoms with E-state index in [0.29, 0.717) is 39.1 Å². The third-order valence-electron chi connectivity index (χ3n) is 4.57. The van der Waals surface area contributed by atoms with E-state index in [1.54, 1.807) is 18.3 Å². The van der Waals surface area contributed by atoms with Gasteiger partial charge in [-0.05, 0) is 31.5 Å². The zero-order valence-corrected chi connectivity index (χ0v) is 18.5. The number of benzene rings is 1. The summed E-state index contributed by atoms with van der Waals surface area (Å²) in [6.07, 6.45) is 0. The first-order valence-electron chi connectivity index (χ1n) is 9.15. The van der Waals surface area contributed by atoms with Crippen LogP contribution in [0.3, 0.4) is 0 Å². The summed E-state index contributed by atoms with van der Waals surface area (Å²) < 4.78 is 8.34. The molecule has 2 N–H and O–H groups in total. The van der Waals surface area contributed by atoms with Crippen LogP contribution in [0.2, 0.25) is 0 Å². The highest BCUT2D eigenvalue weighted by atomic mass is 32.2. The largest absolute Gasteiger partial charge is 0.462 e. The van der Waals surface area contributed by atoms with Gasteiger partial charge in [0.2, 0.25) is 4.96 Å². The standard InChI is InChI=1S/C19H16N6O2S3/c1-3-27-17(26)14-9(2)13-15(20)21-12(22-16(13)30-14)8-28-18-23-24-19-25(18)10-6-4-5-7-11(10)29-19/h4-7H,3,8H2,1-2H3,(H2,20,21,22). The molecule has 30 heavy (non-hydrogen) atoms. The van der Waals surface area contributed by atoms with Crippen molar-refractivity contribution in [3.05, 3.63) is 40.5 Å². The van der Waals surface area contributed by atoms with Crippen molar-refractivity contribution in [1.82, 2.24) is 24.6 Å². The van der Waals surface area contributed by atoms with E-state index in [0.717, 1.165) is 25.9 Å². The molecule has 4 aromatic heterocycles. The minimum Gasteiger partial charge on any atom is -0.462 e. The van der Waals surface area contributed by atoms with E-state index >= 15 is 0 Å². The number of rotatable bonds is 5. The highest BCUT2D eigenvalue weighted by molar-refractivity contribution is 7.98. The molecule has 0 spiro atoms. The number of thiazole rings is 1. The maximum Gasteiger partial charge on any atom is 0.348 e. The Balaban J connectivity index is 1.47. The van der Waals surface area contributed by atoms with Crippen LogP contribution in [0.25, 0.3) is 25.4 Å². The van der Waals surface area contributed by atoms with Crippen LogP contribution in [0.4, 0.5) is 5.82 Å². The second-order valence-electron chi connectivity index (χ2n) is 6.44. The molecule has 0 saturated carbocycles. The summed E-state index contributed by atoms with van der Waals surface area (Å²) in [5, 5.41) is 10.1. The number of ether oxygens (including phenoxy) is 1. The van der Waals surface area contributed by atoms with Crippen molar-refractivity contribution in [2.24, 2.45) is 0 Å². The van der Waals surface area contributed by atoms with E-state index in [2.05, 4.69) is 32.3 Å². The molecule has 0 amide bonds. The SMILES string of the molecule is CCOC(=O)c1sc2nc(CSc3nnc4sc5ccccc5n34)nc(N)c2c1C. The van der Waals surface area contributed by atoms with Gasteiger partial charge in [0.1, 0.15) is 21.3 Å². The van der Waals surface area contributed by atoms with Crippen LogP contribution < -0.4 is 5.73 Å². The Labute approximate surface area is 183 Å². The number of fused-ring (bicyclic) bond motifs is 4. The van der Waals surface area contributed by atoms with Gasteiger partial charge in [-0.1, -0.05) is 35.2 Å².